The molecule has 1 aliphatic rings. The van der Waals surface area contributed by atoms with Gasteiger partial charge in [0.05, 0.1) is 35.7 Å². The molecule has 0 aliphatic carbocycles. The van der Waals surface area contributed by atoms with Crippen molar-refractivity contribution in [2.75, 3.05) is 18.5 Å². The van der Waals surface area contributed by atoms with Crippen molar-refractivity contribution in [1.82, 2.24) is 19.3 Å². The third-order valence-electron chi connectivity index (χ3n) is 7.21. The maximum atomic E-state index is 13.6. The van der Waals surface area contributed by atoms with Gasteiger partial charge in [-0.1, -0.05) is 12.1 Å². The molecule has 0 atom stereocenters. The topological polar surface area (TPSA) is 147 Å². The van der Waals surface area contributed by atoms with Crippen molar-refractivity contribution < 1.29 is 18.8 Å². The molecule has 0 spiro atoms. The number of rotatable bonds is 7. The van der Waals surface area contributed by atoms with Crippen LogP contribution in [-0.4, -0.2) is 44.3 Å². The lowest BCUT2D eigenvalue weighted by atomic mass is 10.1. The molecule has 0 unspecified atom stereocenters. The van der Waals surface area contributed by atoms with Crippen molar-refractivity contribution in [3.05, 3.63) is 87.8 Å². The number of carbonyl (C=O) groups is 2. The van der Waals surface area contributed by atoms with Crippen LogP contribution in [0.15, 0.2) is 64.0 Å². The Morgan fingerprint density at radius 1 is 1.12 bits per heavy atom. The number of amides is 2. The van der Waals surface area contributed by atoms with Crippen molar-refractivity contribution in [2.45, 2.75) is 20.4 Å². The number of fused-ring (bicyclic) bond motifs is 1. The zero-order valence-corrected chi connectivity index (χ0v) is 22.8. The molecule has 2 amide bonds. The van der Waals surface area contributed by atoms with Gasteiger partial charge in [0.2, 0.25) is 5.91 Å². The molecular weight excluding hydrogens is 524 g/mol. The van der Waals surface area contributed by atoms with E-state index in [2.05, 4.69) is 14.9 Å². The summed E-state index contributed by atoms with van der Waals surface area (Å²) in [4.78, 5) is 47.1. The Bertz CT molecular complexity index is 1880. The number of aromatic nitrogens is 4. The second kappa shape index (κ2) is 10.2. The molecule has 5 aromatic rings. The van der Waals surface area contributed by atoms with Crippen LogP contribution in [0, 0.1) is 19.8 Å². The van der Waals surface area contributed by atoms with Crippen LogP contribution in [0.5, 0.6) is 0 Å². The second-order valence-electron chi connectivity index (χ2n) is 10.3. The summed E-state index contributed by atoms with van der Waals surface area (Å²) in [6.45, 7) is 5.42. The number of pyridine rings is 2. The zero-order valence-electron chi connectivity index (χ0n) is 22.8. The molecule has 0 saturated carbocycles. The Labute approximate surface area is 234 Å². The van der Waals surface area contributed by atoms with Crippen LogP contribution in [0.2, 0.25) is 0 Å². The minimum atomic E-state index is -0.583. The Kier molecular flexibility index (Phi) is 6.50. The van der Waals surface area contributed by atoms with Gasteiger partial charge >= 0.3 is 0 Å². The van der Waals surface area contributed by atoms with Crippen molar-refractivity contribution in [3.8, 4) is 22.5 Å². The smallest absolute Gasteiger partial charge is 0.290 e. The maximum absolute atomic E-state index is 13.6. The van der Waals surface area contributed by atoms with Crippen molar-refractivity contribution >= 4 is 28.4 Å². The molecule has 208 valence electrons. The molecule has 1 fully saturated rings. The molecule has 11 heteroatoms. The SMILES string of the molecule is Cc1cc2cc(-c3ccc(-c4c(C)on(C)c4=O)cn3)n(CC3COC3)c2c(C(=O)Nc2cccc(C(N)=O)c2)n1. The first kappa shape index (κ1) is 26.2. The summed E-state index contributed by atoms with van der Waals surface area (Å²) in [6, 6.07) is 14.1. The lowest BCUT2D eigenvalue weighted by molar-refractivity contribution is -0.0387. The summed E-state index contributed by atoms with van der Waals surface area (Å²) in [5.74, 6) is -0.208. The molecule has 0 radical (unpaired) electrons. The van der Waals surface area contributed by atoms with E-state index in [1.807, 2.05) is 31.2 Å². The number of anilines is 1. The predicted molar refractivity (Wildman–Crippen MR) is 153 cm³/mol. The van der Waals surface area contributed by atoms with E-state index in [0.29, 0.717) is 64.8 Å². The zero-order chi connectivity index (χ0) is 28.8. The molecule has 4 aromatic heterocycles. The van der Waals surface area contributed by atoms with Gasteiger partial charge in [-0.05, 0) is 50.2 Å². The Hall–Kier alpha value is -5.03. The summed E-state index contributed by atoms with van der Waals surface area (Å²) in [5, 5.41) is 3.71. The van der Waals surface area contributed by atoms with Gasteiger partial charge in [0.25, 0.3) is 11.5 Å². The largest absolute Gasteiger partial charge is 0.381 e. The van der Waals surface area contributed by atoms with Crippen LogP contribution in [0.3, 0.4) is 0 Å². The van der Waals surface area contributed by atoms with Gasteiger partial charge in [-0.3, -0.25) is 19.4 Å². The molecule has 11 nitrogen and oxygen atoms in total. The number of ether oxygens (including phenoxy) is 1. The van der Waals surface area contributed by atoms with Crippen LogP contribution < -0.4 is 16.6 Å². The average molecular weight is 553 g/mol. The number of hydrogen-bond donors (Lipinski definition) is 2. The molecule has 0 bridgehead atoms. The molecule has 6 rings (SSSR count). The summed E-state index contributed by atoms with van der Waals surface area (Å²) in [5.41, 5.74) is 10.1. The number of primary amides is 1. The quantitative estimate of drug-likeness (QED) is 0.313. The van der Waals surface area contributed by atoms with Gasteiger partial charge in [0.1, 0.15) is 5.76 Å². The van der Waals surface area contributed by atoms with E-state index in [1.54, 1.807) is 38.4 Å². The fraction of sp³-hybridized carbons (Fsp3) is 0.233. The fourth-order valence-electron chi connectivity index (χ4n) is 5.20. The molecular formula is C30H28N6O5. The number of nitrogens with two attached hydrogens (primary N) is 1. The van der Waals surface area contributed by atoms with Crippen LogP contribution in [0.4, 0.5) is 5.69 Å². The minimum absolute atomic E-state index is 0.227. The normalized spacial score (nSPS) is 13.3. The fourth-order valence-corrected chi connectivity index (χ4v) is 5.20. The van der Waals surface area contributed by atoms with Gasteiger partial charge in [-0.25, -0.2) is 4.98 Å². The van der Waals surface area contributed by atoms with Crippen molar-refractivity contribution in [1.29, 1.82) is 0 Å². The predicted octanol–water partition coefficient (Wildman–Crippen LogP) is 3.67. The van der Waals surface area contributed by atoms with Crippen molar-refractivity contribution in [3.63, 3.8) is 0 Å². The van der Waals surface area contributed by atoms with Gasteiger partial charge < -0.3 is 24.9 Å². The third-order valence-corrected chi connectivity index (χ3v) is 7.21. The second-order valence-corrected chi connectivity index (χ2v) is 10.3. The van der Waals surface area contributed by atoms with E-state index in [1.165, 1.54) is 10.8 Å². The molecule has 3 N–H and O–H groups in total. The van der Waals surface area contributed by atoms with E-state index in [-0.39, 0.29) is 17.2 Å². The van der Waals surface area contributed by atoms with Crippen molar-refractivity contribution in [2.24, 2.45) is 18.7 Å². The number of carbonyl (C=O) groups excluding carboxylic acids is 2. The lowest BCUT2D eigenvalue weighted by Crippen LogP contribution is -2.32. The van der Waals surface area contributed by atoms with Gasteiger partial charge in [-0.15, -0.1) is 0 Å². The van der Waals surface area contributed by atoms with Crippen LogP contribution in [0.1, 0.15) is 32.3 Å². The Balaban J connectivity index is 1.44. The third kappa shape index (κ3) is 4.80. The Morgan fingerprint density at radius 3 is 2.56 bits per heavy atom. The minimum Gasteiger partial charge on any atom is -0.381 e. The number of nitrogens with one attached hydrogen (secondary N) is 1. The average Bonchev–Trinajstić information content (AvgIpc) is 3.40. The first-order chi connectivity index (χ1) is 19.7. The van der Waals surface area contributed by atoms with Crippen LogP contribution in [-0.2, 0) is 18.3 Å². The highest BCUT2D eigenvalue weighted by Gasteiger charge is 2.26. The highest BCUT2D eigenvalue weighted by molar-refractivity contribution is 6.11. The highest BCUT2D eigenvalue weighted by Crippen LogP contribution is 2.33. The van der Waals surface area contributed by atoms with E-state index in [0.717, 1.165) is 11.1 Å². The van der Waals surface area contributed by atoms with Gasteiger partial charge in [-0.2, -0.15) is 4.74 Å². The molecule has 5 heterocycles. The van der Waals surface area contributed by atoms with E-state index < -0.39 is 11.8 Å². The summed E-state index contributed by atoms with van der Waals surface area (Å²) >= 11 is 0. The van der Waals surface area contributed by atoms with E-state index >= 15 is 0 Å². The Morgan fingerprint density at radius 2 is 1.93 bits per heavy atom. The molecule has 1 saturated heterocycles. The summed E-state index contributed by atoms with van der Waals surface area (Å²) < 4.78 is 14.1. The van der Waals surface area contributed by atoms with E-state index in [4.69, 9.17) is 20.0 Å². The molecule has 1 aliphatic heterocycles. The summed E-state index contributed by atoms with van der Waals surface area (Å²) in [7, 11) is 1.57. The number of benzene rings is 1. The van der Waals surface area contributed by atoms with Crippen LogP contribution in [0.25, 0.3) is 33.4 Å². The number of hydrogen-bond acceptors (Lipinski definition) is 7. The summed E-state index contributed by atoms with van der Waals surface area (Å²) in [6.07, 6.45) is 1.66. The first-order valence-corrected chi connectivity index (χ1v) is 13.1. The molecule has 41 heavy (non-hydrogen) atoms. The van der Waals surface area contributed by atoms with Gasteiger partial charge in [0.15, 0.2) is 5.69 Å². The standard InChI is InChI=1S/C30H28N6O5/c1-16-9-21-11-24(23-8-7-20(12-32-23)25-17(2)41-35(3)30(25)39)36(13-18-14-40-15-18)27(21)26(33-16)29(38)34-22-6-4-5-19(10-22)28(31)37/h4-12,18H,13-15H2,1-3H3,(H2,31,37)(H,34,38). The van der Waals surface area contributed by atoms with Gasteiger partial charge in [0, 0.05) is 53.6 Å². The lowest BCUT2D eigenvalue weighted by Gasteiger charge is -2.27. The monoisotopic (exact) mass is 552 g/mol. The van der Waals surface area contributed by atoms with Crippen LogP contribution >= 0.6 is 0 Å². The number of nitrogens with zero attached hydrogens (tertiary/aromatic N) is 4. The number of aryl methyl sites for hydroxylation is 3. The first-order valence-electron chi connectivity index (χ1n) is 13.1. The highest BCUT2D eigenvalue weighted by atomic mass is 16.5. The maximum Gasteiger partial charge on any atom is 0.290 e. The molecule has 1 aromatic carbocycles. The van der Waals surface area contributed by atoms with E-state index in [9.17, 15) is 14.4 Å².